The zero-order valence-electron chi connectivity index (χ0n) is 30.0. The third-order valence-electron chi connectivity index (χ3n) is 8.02. The maximum absolute atomic E-state index is 14.9. The molecule has 0 aliphatic heterocycles. The molecule has 7 rings (SSSR count). The molecule has 3 aromatic heterocycles. The molecule has 0 atom stereocenters. The average Bonchev–Trinajstić information content (AvgIpc) is 3.48. The Morgan fingerprint density at radius 1 is 0.851 bits per heavy atom. The number of aromatic nitrogens is 2. The van der Waals surface area contributed by atoms with Crippen LogP contribution in [0.5, 0.6) is 0 Å². The van der Waals surface area contributed by atoms with E-state index in [2.05, 4.69) is 65.3 Å². The minimum absolute atomic E-state index is 0. The Labute approximate surface area is 297 Å². The number of nitrogens with zero attached hydrogens (tertiary/aromatic N) is 2. The first-order chi connectivity index (χ1) is 23.3. The molecule has 0 amide bonds. The van der Waals surface area contributed by atoms with Crippen LogP contribution in [0.15, 0.2) is 114 Å². The number of halogens is 1. The van der Waals surface area contributed by atoms with Crippen molar-refractivity contribution in [3.05, 3.63) is 139 Å². The summed E-state index contributed by atoms with van der Waals surface area (Å²) in [6.45, 7) is 2.02. The second-order valence-corrected chi connectivity index (χ2v) is 23.3. The fourth-order valence-corrected chi connectivity index (χ4v) is 7.52. The second kappa shape index (κ2) is 14.5. The van der Waals surface area contributed by atoms with Crippen LogP contribution < -0.4 is 4.40 Å². The van der Waals surface area contributed by atoms with Crippen LogP contribution in [0, 0.1) is 24.8 Å². The van der Waals surface area contributed by atoms with E-state index >= 15 is 0 Å². The van der Waals surface area contributed by atoms with Gasteiger partial charge in [-0.05, 0) is 47.1 Å². The van der Waals surface area contributed by atoms with Crippen molar-refractivity contribution in [2.75, 3.05) is 0 Å². The Hall–Kier alpha value is -3.90. The Morgan fingerprint density at radius 2 is 1.68 bits per heavy atom. The molecule has 0 fully saturated rings. The fraction of sp³-hybridized carbons (Fsp3) is 0.171. The van der Waals surface area contributed by atoms with Crippen LogP contribution in [-0.2, 0) is 20.1 Å². The minimum Gasteiger partial charge on any atom is 0 e. The van der Waals surface area contributed by atoms with Gasteiger partial charge >= 0.3 is 99.8 Å². The van der Waals surface area contributed by atoms with E-state index < -0.39 is 25.9 Å². The van der Waals surface area contributed by atoms with Crippen LogP contribution >= 0.6 is 0 Å². The van der Waals surface area contributed by atoms with E-state index in [0.717, 1.165) is 27.9 Å². The summed E-state index contributed by atoms with van der Waals surface area (Å²) in [5, 5.41) is 1.03. The van der Waals surface area contributed by atoms with Crippen molar-refractivity contribution in [3.63, 3.8) is 0 Å². The van der Waals surface area contributed by atoms with E-state index in [-0.39, 0.29) is 25.7 Å². The molecule has 3 nitrogen and oxygen atoms in total. The molecule has 0 N–H and O–H groups in total. The van der Waals surface area contributed by atoms with Crippen LogP contribution in [-0.4, -0.2) is 23.2 Å². The summed E-state index contributed by atoms with van der Waals surface area (Å²) in [5.41, 5.74) is 7.21. The topological polar surface area (TPSA) is 38.9 Å². The predicted molar refractivity (Wildman–Crippen MR) is 191 cm³/mol. The van der Waals surface area contributed by atoms with Gasteiger partial charge in [-0.25, -0.2) is 0 Å². The van der Waals surface area contributed by atoms with Crippen molar-refractivity contribution in [2.45, 2.75) is 43.9 Å². The number of fused-ring (bicyclic) bond motifs is 3. The van der Waals surface area contributed by atoms with Gasteiger partial charge in [0.25, 0.3) is 0 Å². The smallest absolute Gasteiger partial charge is 0 e. The minimum atomic E-state index is -2.19. The number of furan rings is 1. The van der Waals surface area contributed by atoms with Gasteiger partial charge in [-0.3, -0.25) is 4.39 Å². The summed E-state index contributed by atoms with van der Waals surface area (Å²) in [5.74, 6) is 7.05. The van der Waals surface area contributed by atoms with Crippen molar-refractivity contribution in [2.24, 2.45) is 0 Å². The summed E-state index contributed by atoms with van der Waals surface area (Å²) in [6, 6.07) is 36.0. The number of benzene rings is 4. The molecular weight excluding hydrogens is 820 g/mol. The molecule has 0 unspecified atom stereocenters. The van der Waals surface area contributed by atoms with E-state index in [1.165, 1.54) is 10.5 Å². The van der Waals surface area contributed by atoms with Crippen LogP contribution in [0.2, 0.25) is 17.3 Å². The number of rotatable bonds is 5. The van der Waals surface area contributed by atoms with E-state index in [1.54, 1.807) is 24.4 Å². The first kappa shape index (κ1) is 30.4. The molecule has 0 saturated heterocycles. The Balaban J connectivity index is 0.000000241. The van der Waals surface area contributed by atoms with Crippen LogP contribution in [0.4, 0.5) is 4.39 Å². The van der Waals surface area contributed by atoms with Gasteiger partial charge in [0, 0.05) is 41.6 Å². The molecule has 1 radical (unpaired) electrons. The zero-order chi connectivity index (χ0) is 34.9. The van der Waals surface area contributed by atoms with Gasteiger partial charge in [0.2, 0.25) is 0 Å². The summed E-state index contributed by atoms with van der Waals surface area (Å²) in [6.07, 6.45) is 3.78. The molecule has 0 bridgehead atoms. The maximum Gasteiger partial charge on any atom is 0 e. The van der Waals surface area contributed by atoms with Crippen LogP contribution in [0.3, 0.4) is 0 Å². The van der Waals surface area contributed by atoms with Crippen molar-refractivity contribution in [1.82, 2.24) is 9.97 Å². The van der Waals surface area contributed by atoms with Gasteiger partial charge in [0.05, 0.1) is 5.58 Å². The van der Waals surface area contributed by atoms with Gasteiger partial charge < -0.3 is 9.40 Å². The average molecular weight is 861 g/mol. The molecule has 47 heavy (non-hydrogen) atoms. The van der Waals surface area contributed by atoms with Crippen molar-refractivity contribution in [3.8, 4) is 33.6 Å². The second-order valence-electron chi connectivity index (χ2n) is 12.7. The largest absolute Gasteiger partial charge is 0 e. The van der Waals surface area contributed by atoms with Gasteiger partial charge in [-0.15, -0.1) is 12.1 Å². The first-order valence-corrected chi connectivity index (χ1v) is 22.7. The summed E-state index contributed by atoms with van der Waals surface area (Å²) in [7, 11) is 0. The Bertz CT molecular complexity index is 2250. The Morgan fingerprint density at radius 3 is 2.38 bits per heavy atom. The molecule has 4 aromatic carbocycles. The molecule has 7 aromatic rings. The molecule has 0 aliphatic carbocycles. The number of hydrogen-bond donors (Lipinski definition) is 0. The zero-order valence-corrected chi connectivity index (χ0v) is 31.5. The maximum atomic E-state index is 14.9. The van der Waals surface area contributed by atoms with E-state index in [0.29, 0.717) is 39.1 Å². The van der Waals surface area contributed by atoms with E-state index in [9.17, 15) is 4.39 Å². The van der Waals surface area contributed by atoms with Crippen molar-refractivity contribution >= 4 is 39.6 Å². The van der Waals surface area contributed by atoms with Crippen molar-refractivity contribution < 1.29 is 33.0 Å². The number of hydrogen-bond acceptors (Lipinski definition) is 3. The molecular formula is C41H37FGeIrN2O-2. The van der Waals surface area contributed by atoms with Crippen LogP contribution in [0.25, 0.3) is 55.6 Å². The quantitative estimate of drug-likeness (QED) is 0.128. The molecule has 239 valence electrons. The predicted octanol–water partition coefficient (Wildman–Crippen LogP) is 10.8. The van der Waals surface area contributed by atoms with Gasteiger partial charge in [-0.2, -0.15) is 0 Å². The standard InChI is InChI=1S/C27H21FNO.C14H16GeN.Ir/c1-16(2)18-11-12-29-24(14-18)21-9-10-23(28)26-22-8-7-20(15-25(22)30-27(21)26)19-6-4-5-17(3)13-19;1-15(2,3)13-9-10-14(16-11-13)12-7-5-4-6-8-12;/h4-8,10-16H,1-3H3;4-7,9-11H,1-3H3;/q2*-1;/i3D3;;. The van der Waals surface area contributed by atoms with E-state index in [1.807, 2.05) is 66.9 Å². The molecule has 3 heterocycles. The Kier molecular flexibility index (Phi) is 9.37. The molecule has 0 aliphatic rings. The monoisotopic (exact) mass is 862 g/mol. The summed E-state index contributed by atoms with van der Waals surface area (Å²) in [4.78, 5) is 9.00. The number of pyridine rings is 2. The molecule has 6 heteroatoms. The molecule has 0 saturated carbocycles. The van der Waals surface area contributed by atoms with E-state index in [4.69, 9.17) is 8.53 Å². The first-order valence-electron chi connectivity index (χ1n) is 16.9. The van der Waals surface area contributed by atoms with Gasteiger partial charge in [-0.1, -0.05) is 73.0 Å². The van der Waals surface area contributed by atoms with Crippen molar-refractivity contribution in [1.29, 1.82) is 0 Å². The van der Waals surface area contributed by atoms with Crippen LogP contribution in [0.1, 0.15) is 35.0 Å². The van der Waals surface area contributed by atoms with Gasteiger partial charge in [0.1, 0.15) is 5.58 Å². The number of aryl methyl sites for hydroxylation is 1. The third kappa shape index (κ3) is 7.65. The fourth-order valence-electron chi connectivity index (χ4n) is 5.34. The SMILES string of the molecule is [2H]C([2H])([2H])c1cccc(-c2ccc3c(c2)oc2c(-c4cc(C(C)C)ccn4)[c-]cc(F)c23)c1.[CH3][Ge]([CH3])([CH3])[c]1ccc(-c2[c-]cccc2)nc1.[Ir]. The van der Waals surface area contributed by atoms with Gasteiger partial charge in [0.15, 0.2) is 0 Å². The summed E-state index contributed by atoms with van der Waals surface area (Å²) >= 11 is -1.72. The third-order valence-corrected chi connectivity index (χ3v) is 12.3. The normalized spacial score (nSPS) is 12.5. The summed E-state index contributed by atoms with van der Waals surface area (Å²) < 4.78 is 45.5. The molecule has 0 spiro atoms.